The number of hydrogen-bond donors (Lipinski definition) is 2. The number of carboxylic acids is 1. The summed E-state index contributed by atoms with van der Waals surface area (Å²) in [6, 6.07) is 18.0. The predicted octanol–water partition coefficient (Wildman–Crippen LogP) is 8.16. The van der Waals surface area contributed by atoms with Crippen molar-refractivity contribution in [1.82, 2.24) is 24.9 Å². The maximum Gasteiger partial charge on any atom is 0.317 e. The molecule has 3 aliphatic heterocycles. The van der Waals surface area contributed by atoms with Crippen LogP contribution in [0.3, 0.4) is 0 Å². The van der Waals surface area contributed by atoms with Crippen LogP contribution in [-0.4, -0.2) is 146 Å². The Bertz CT molecular complexity index is 2100. The minimum atomic E-state index is -0.821. The zero-order valence-corrected chi connectivity index (χ0v) is 40.3. The number of anilines is 1. The highest BCUT2D eigenvalue weighted by Gasteiger charge is 2.44. The molecule has 2 aromatic carbocycles. The normalized spacial score (nSPS) is 22.4. The monoisotopic (exact) mass is 881 g/mol. The minimum absolute atomic E-state index is 0.00288. The second kappa shape index (κ2) is 21.7. The maximum atomic E-state index is 13.4. The van der Waals surface area contributed by atoms with Gasteiger partial charge in [-0.1, -0.05) is 87.3 Å². The van der Waals surface area contributed by atoms with Crippen molar-refractivity contribution < 1.29 is 19.3 Å². The predicted molar refractivity (Wildman–Crippen MR) is 261 cm³/mol. The number of halogens is 1. The van der Waals surface area contributed by atoms with Crippen LogP contribution >= 0.6 is 11.6 Å². The smallest absolute Gasteiger partial charge is 0.317 e. The molecule has 6 rings (SSSR count). The van der Waals surface area contributed by atoms with Crippen LogP contribution in [0.1, 0.15) is 91.2 Å². The molecular weight excluding hydrogens is 806 g/mol. The fraction of sp³-hybridized carbons (Fsp3) is 0.558. The van der Waals surface area contributed by atoms with E-state index in [1.807, 2.05) is 4.90 Å². The van der Waals surface area contributed by atoms with Gasteiger partial charge in [0, 0.05) is 111 Å². The first kappa shape index (κ1) is 48.4. The molecule has 0 radical (unpaired) electrons. The van der Waals surface area contributed by atoms with Crippen LogP contribution in [0.4, 0.5) is 11.4 Å². The van der Waals surface area contributed by atoms with Gasteiger partial charge >= 0.3 is 5.97 Å². The lowest BCUT2D eigenvalue weighted by molar-refractivity contribution is -0.437. The summed E-state index contributed by atoms with van der Waals surface area (Å²) >= 11 is 7.33. The van der Waals surface area contributed by atoms with Crippen molar-refractivity contribution in [1.29, 1.82) is 0 Å². The third-order valence-electron chi connectivity index (χ3n) is 13.8. The standard InChI is InChI=1S/C52H74ClN7O3/c1-9-16-39(2)60-45-22-13-11-20-43(45)52(5,6)47(60)26-24-41-18-14-17-40(50(41)53)23-25-46-51(3,4)42-19-10-12-21-44(42)59(46)28-15-27-54-48(61)37-57-33-31-55(7)29-30-56(8)32-34-58(36-35-57)38-49(62)63/h10-13,19-26,39H,9,14-18,27-38H2,1-8H3,(H-,54,61,62,63)/p+1. The number of carbonyl (C=O) groups is 2. The molecule has 0 aromatic heterocycles. The Balaban J connectivity index is 1.15. The van der Waals surface area contributed by atoms with Crippen molar-refractivity contribution in [3.05, 3.63) is 106 Å². The zero-order chi connectivity index (χ0) is 45.3. The Kier molecular flexibility index (Phi) is 16.7. The fourth-order valence-corrected chi connectivity index (χ4v) is 10.3. The zero-order valence-electron chi connectivity index (χ0n) is 39.6. The molecule has 63 heavy (non-hydrogen) atoms. The Labute approximate surface area is 383 Å². The fourth-order valence-electron chi connectivity index (χ4n) is 9.97. The van der Waals surface area contributed by atoms with Gasteiger partial charge in [0.1, 0.15) is 0 Å². The second-order valence-corrected chi connectivity index (χ2v) is 19.7. The lowest BCUT2D eigenvalue weighted by Crippen LogP contribution is -2.47. The number of amides is 1. The molecule has 11 heteroatoms. The number of aliphatic carboxylic acids is 1. The van der Waals surface area contributed by atoms with Gasteiger partial charge in [0.25, 0.3) is 0 Å². The van der Waals surface area contributed by atoms with E-state index in [0.717, 1.165) is 82.8 Å². The van der Waals surface area contributed by atoms with Gasteiger partial charge in [-0.25, -0.2) is 0 Å². The van der Waals surface area contributed by atoms with E-state index in [9.17, 15) is 14.7 Å². The third-order valence-corrected chi connectivity index (χ3v) is 14.3. The van der Waals surface area contributed by atoms with Crippen molar-refractivity contribution in [2.75, 3.05) is 97.5 Å². The van der Waals surface area contributed by atoms with Crippen LogP contribution in [0.2, 0.25) is 0 Å². The summed E-state index contributed by atoms with van der Waals surface area (Å²) in [6.45, 7) is 21.7. The Morgan fingerprint density at radius 2 is 1.44 bits per heavy atom. The molecule has 1 amide bonds. The van der Waals surface area contributed by atoms with E-state index in [2.05, 4.69) is 158 Å². The highest BCUT2D eigenvalue weighted by atomic mass is 35.5. The summed E-state index contributed by atoms with van der Waals surface area (Å²) in [4.78, 5) is 36.3. The Morgan fingerprint density at radius 3 is 2.13 bits per heavy atom. The molecule has 1 saturated heterocycles. The van der Waals surface area contributed by atoms with Gasteiger partial charge in [0.15, 0.2) is 12.3 Å². The van der Waals surface area contributed by atoms with Crippen molar-refractivity contribution >= 4 is 40.6 Å². The van der Waals surface area contributed by atoms with E-state index in [-0.39, 0.29) is 23.3 Å². The topological polar surface area (TPSA) is 85.6 Å². The second-order valence-electron chi connectivity index (χ2n) is 19.4. The average molecular weight is 882 g/mol. The lowest BCUT2D eigenvalue weighted by atomic mass is 9.81. The van der Waals surface area contributed by atoms with Crippen LogP contribution in [0.5, 0.6) is 0 Å². The van der Waals surface area contributed by atoms with E-state index in [4.69, 9.17) is 11.6 Å². The van der Waals surface area contributed by atoms with Crippen LogP contribution in [0, 0.1) is 0 Å². The molecule has 1 fully saturated rings. The van der Waals surface area contributed by atoms with E-state index in [1.54, 1.807) is 0 Å². The molecule has 1 aliphatic carbocycles. The maximum absolute atomic E-state index is 13.4. The van der Waals surface area contributed by atoms with E-state index in [0.29, 0.717) is 38.8 Å². The molecule has 10 nitrogen and oxygen atoms in total. The first-order chi connectivity index (χ1) is 30.1. The first-order valence-electron chi connectivity index (χ1n) is 23.5. The average Bonchev–Trinajstić information content (AvgIpc) is 3.61. The van der Waals surface area contributed by atoms with Gasteiger partial charge in [0.05, 0.1) is 18.5 Å². The van der Waals surface area contributed by atoms with Gasteiger partial charge in [-0.3, -0.25) is 19.4 Å². The molecule has 342 valence electrons. The number of benzene rings is 2. The minimum Gasteiger partial charge on any atom is -0.480 e. The van der Waals surface area contributed by atoms with Crippen molar-refractivity contribution in [2.45, 2.75) is 96.9 Å². The van der Waals surface area contributed by atoms with E-state index < -0.39 is 5.97 Å². The molecule has 2 aromatic rings. The molecule has 2 N–H and O–H groups in total. The number of hydrogen-bond acceptors (Lipinski definition) is 7. The third kappa shape index (κ3) is 11.8. The van der Waals surface area contributed by atoms with Crippen LogP contribution in [-0.2, 0) is 20.4 Å². The molecular formula is C52H75ClN7O3+. The highest BCUT2D eigenvalue weighted by molar-refractivity contribution is 6.32. The number of rotatable bonds is 14. The molecule has 4 aliphatic rings. The lowest BCUT2D eigenvalue weighted by Gasteiger charge is -2.32. The SMILES string of the molecule is CCCC(C)N1C(=CC=C2CCCC(C=CC3=[N+](CCCNC(=O)CN4CCN(C)CCN(C)CCN(CC(=O)O)CC4)c4ccccc4C3(C)C)=C2Cl)C(C)(C)c2ccccc21. The highest BCUT2D eigenvalue weighted by Crippen LogP contribution is 2.49. The van der Waals surface area contributed by atoms with Gasteiger partial charge in [-0.2, -0.15) is 4.58 Å². The number of para-hydroxylation sites is 2. The summed E-state index contributed by atoms with van der Waals surface area (Å²) in [5.41, 5.74) is 9.83. The summed E-state index contributed by atoms with van der Waals surface area (Å²) in [5.74, 6) is -0.818. The molecule has 0 spiro atoms. The van der Waals surface area contributed by atoms with Gasteiger partial charge in [0.2, 0.25) is 11.6 Å². The van der Waals surface area contributed by atoms with Crippen molar-refractivity contribution in [3.63, 3.8) is 0 Å². The van der Waals surface area contributed by atoms with Crippen LogP contribution in [0.15, 0.2) is 94.7 Å². The number of nitrogens with zero attached hydrogens (tertiary/aromatic N) is 6. The summed E-state index contributed by atoms with van der Waals surface area (Å²) in [6.07, 6.45) is 15.2. The molecule has 1 atom stereocenters. The number of carboxylic acid groups (broad SMARTS) is 1. The van der Waals surface area contributed by atoms with Crippen LogP contribution < -0.4 is 10.2 Å². The molecule has 1 unspecified atom stereocenters. The first-order valence-corrected chi connectivity index (χ1v) is 23.9. The van der Waals surface area contributed by atoms with E-state index in [1.165, 1.54) is 45.1 Å². The quantitative estimate of drug-likeness (QED) is 0.145. The van der Waals surface area contributed by atoms with E-state index >= 15 is 0 Å². The summed E-state index contributed by atoms with van der Waals surface area (Å²) in [5, 5.41) is 13.6. The molecule has 0 saturated carbocycles. The summed E-state index contributed by atoms with van der Waals surface area (Å²) < 4.78 is 2.43. The molecule has 0 bridgehead atoms. The van der Waals surface area contributed by atoms with Crippen LogP contribution in [0.25, 0.3) is 0 Å². The Morgan fingerprint density at radius 1 is 0.825 bits per heavy atom. The number of carbonyl (C=O) groups excluding carboxylic acids is 1. The largest absolute Gasteiger partial charge is 0.480 e. The number of likely N-dealkylation sites (N-methyl/N-ethyl adjacent to an activating group) is 2. The van der Waals surface area contributed by atoms with Gasteiger partial charge < -0.3 is 25.1 Å². The Hall–Kier alpha value is -4.06. The van der Waals surface area contributed by atoms with Crippen molar-refractivity contribution in [2.24, 2.45) is 0 Å². The van der Waals surface area contributed by atoms with Crippen molar-refractivity contribution in [3.8, 4) is 0 Å². The number of allylic oxidation sites excluding steroid dienone is 8. The number of nitrogens with one attached hydrogen (secondary N) is 1. The van der Waals surface area contributed by atoms with Gasteiger partial charge in [-0.05, 0) is 89.4 Å². The van der Waals surface area contributed by atoms with Gasteiger partial charge in [-0.15, -0.1) is 0 Å². The molecule has 3 heterocycles. The number of fused-ring (bicyclic) bond motifs is 2. The summed E-state index contributed by atoms with van der Waals surface area (Å²) in [7, 11) is 4.21.